The van der Waals surface area contributed by atoms with E-state index in [-0.39, 0.29) is 17.0 Å². The quantitative estimate of drug-likeness (QED) is 0.674. The first kappa shape index (κ1) is 15.8. The lowest BCUT2D eigenvalue weighted by molar-refractivity contribution is -0.117. The van der Waals surface area contributed by atoms with Gasteiger partial charge in [0.25, 0.3) is 0 Å². The molecule has 0 saturated heterocycles. The molecule has 4 heteroatoms. The molecule has 112 valence electrons. The van der Waals surface area contributed by atoms with Gasteiger partial charge in [-0.05, 0) is 11.0 Å². The van der Waals surface area contributed by atoms with Gasteiger partial charge in [0.1, 0.15) is 10.8 Å². The van der Waals surface area contributed by atoms with Gasteiger partial charge in [-0.25, -0.2) is 0 Å². The lowest BCUT2D eigenvalue weighted by Gasteiger charge is -2.29. The molecule has 1 N–H and O–H groups in total. The van der Waals surface area contributed by atoms with Crippen molar-refractivity contribution in [3.63, 3.8) is 0 Å². The summed E-state index contributed by atoms with van der Waals surface area (Å²) in [6, 6.07) is 10.0. The van der Waals surface area contributed by atoms with E-state index in [1.807, 2.05) is 44.2 Å². The summed E-state index contributed by atoms with van der Waals surface area (Å²) in [6.45, 7) is 4.00. The van der Waals surface area contributed by atoms with Gasteiger partial charge in [-0.3, -0.25) is 9.79 Å². The minimum Gasteiger partial charge on any atom is -0.511 e. The van der Waals surface area contributed by atoms with Crippen molar-refractivity contribution in [1.82, 2.24) is 0 Å². The largest absolute Gasteiger partial charge is 0.511 e. The van der Waals surface area contributed by atoms with Crippen LogP contribution in [0.5, 0.6) is 0 Å². The number of aliphatic imine (C=N–C) groups is 1. The van der Waals surface area contributed by atoms with Crippen LogP contribution in [-0.4, -0.2) is 23.0 Å². The lowest BCUT2D eigenvalue weighted by Crippen LogP contribution is -2.28. The van der Waals surface area contributed by atoms with Crippen molar-refractivity contribution in [3.05, 3.63) is 47.2 Å². The van der Waals surface area contributed by atoms with Crippen molar-refractivity contribution in [2.45, 2.75) is 32.4 Å². The van der Waals surface area contributed by atoms with Gasteiger partial charge in [-0.15, -0.1) is 11.8 Å². The van der Waals surface area contributed by atoms with Crippen molar-refractivity contribution >= 4 is 22.6 Å². The number of hydrogen-bond acceptors (Lipinski definition) is 4. The van der Waals surface area contributed by atoms with Crippen LogP contribution >= 0.6 is 11.8 Å². The Hall–Kier alpha value is -1.55. The first-order chi connectivity index (χ1) is 9.93. The van der Waals surface area contributed by atoms with Gasteiger partial charge in [0, 0.05) is 25.6 Å². The highest BCUT2D eigenvalue weighted by Crippen LogP contribution is 2.37. The van der Waals surface area contributed by atoms with E-state index in [0.29, 0.717) is 23.5 Å². The van der Waals surface area contributed by atoms with Gasteiger partial charge in [-0.1, -0.05) is 44.2 Å². The molecule has 0 saturated carbocycles. The third kappa shape index (κ3) is 3.97. The monoisotopic (exact) mass is 303 g/mol. The summed E-state index contributed by atoms with van der Waals surface area (Å²) in [5.41, 5.74) is 1.42. The van der Waals surface area contributed by atoms with Gasteiger partial charge >= 0.3 is 0 Å². The van der Waals surface area contributed by atoms with Crippen LogP contribution in [0.3, 0.4) is 0 Å². The number of aliphatic hydroxyl groups excluding tert-OH is 1. The number of rotatable bonds is 3. The fraction of sp³-hybridized carbons (Fsp3) is 0.412. The molecular weight excluding hydrogens is 282 g/mol. The Morgan fingerprint density at radius 2 is 1.95 bits per heavy atom. The SMILES string of the molecule is CN=C(SCc1ccccc1)C1=C(O)CC(C)(C)CC1=O. The van der Waals surface area contributed by atoms with E-state index < -0.39 is 0 Å². The van der Waals surface area contributed by atoms with Crippen molar-refractivity contribution in [2.24, 2.45) is 10.4 Å². The molecule has 3 nitrogen and oxygen atoms in total. The van der Waals surface area contributed by atoms with Crippen molar-refractivity contribution in [2.75, 3.05) is 7.05 Å². The first-order valence-corrected chi connectivity index (χ1v) is 8.01. The molecule has 0 bridgehead atoms. The van der Waals surface area contributed by atoms with Crippen LogP contribution in [0.15, 0.2) is 46.7 Å². The van der Waals surface area contributed by atoms with Crippen molar-refractivity contribution in [1.29, 1.82) is 0 Å². The number of hydrogen-bond donors (Lipinski definition) is 1. The minimum atomic E-state index is -0.173. The maximum atomic E-state index is 12.3. The fourth-order valence-electron chi connectivity index (χ4n) is 2.51. The summed E-state index contributed by atoms with van der Waals surface area (Å²) in [7, 11) is 1.67. The van der Waals surface area contributed by atoms with Gasteiger partial charge < -0.3 is 5.11 Å². The summed E-state index contributed by atoms with van der Waals surface area (Å²) in [5, 5.41) is 10.9. The standard InChI is InChI=1S/C17H21NO2S/c1-17(2)9-13(19)15(14(20)10-17)16(18-3)21-11-12-7-5-4-6-8-12/h4-8,19H,9-11H2,1-3H3. The van der Waals surface area contributed by atoms with E-state index in [2.05, 4.69) is 4.99 Å². The van der Waals surface area contributed by atoms with Gasteiger partial charge in [-0.2, -0.15) is 0 Å². The number of aliphatic hydroxyl groups is 1. The van der Waals surface area contributed by atoms with E-state index in [1.165, 1.54) is 17.3 Å². The summed E-state index contributed by atoms with van der Waals surface area (Å²) in [4.78, 5) is 16.5. The van der Waals surface area contributed by atoms with E-state index in [9.17, 15) is 9.90 Å². The topological polar surface area (TPSA) is 49.7 Å². The Balaban J connectivity index is 2.16. The third-order valence-corrected chi connectivity index (χ3v) is 4.63. The summed E-state index contributed by atoms with van der Waals surface area (Å²) in [5.74, 6) is 0.906. The minimum absolute atomic E-state index is 0.00934. The summed E-state index contributed by atoms with van der Waals surface area (Å²) < 4.78 is 0. The second-order valence-electron chi connectivity index (χ2n) is 6.07. The van der Waals surface area contributed by atoms with E-state index in [1.54, 1.807) is 7.05 Å². The fourth-order valence-corrected chi connectivity index (χ4v) is 3.51. The highest BCUT2D eigenvalue weighted by atomic mass is 32.2. The molecule has 0 radical (unpaired) electrons. The Labute approximate surface area is 130 Å². The number of thioether (sulfide) groups is 1. The summed E-state index contributed by atoms with van der Waals surface area (Å²) >= 11 is 1.50. The molecule has 0 amide bonds. The maximum Gasteiger partial charge on any atom is 0.169 e. The Morgan fingerprint density at radius 3 is 2.52 bits per heavy atom. The number of ketones is 1. The Bertz CT molecular complexity index is 588. The van der Waals surface area contributed by atoms with Gasteiger partial charge in [0.05, 0.1) is 5.57 Å². The highest BCUT2D eigenvalue weighted by Gasteiger charge is 2.35. The van der Waals surface area contributed by atoms with E-state index in [0.717, 1.165) is 5.75 Å². The van der Waals surface area contributed by atoms with Crippen LogP contribution in [0, 0.1) is 5.41 Å². The number of Topliss-reactive ketones (excluding diaryl/α,β-unsaturated/α-hetero) is 1. The molecule has 0 fully saturated rings. The van der Waals surface area contributed by atoms with Crippen molar-refractivity contribution in [3.8, 4) is 0 Å². The second kappa shape index (κ2) is 6.48. The number of carbonyl (C=O) groups excluding carboxylic acids is 1. The normalized spacial score (nSPS) is 19.0. The molecule has 1 aliphatic rings. The molecule has 0 heterocycles. The van der Waals surface area contributed by atoms with Crippen LogP contribution < -0.4 is 0 Å². The zero-order valence-electron chi connectivity index (χ0n) is 12.7. The van der Waals surface area contributed by atoms with Gasteiger partial charge in [0.2, 0.25) is 0 Å². The highest BCUT2D eigenvalue weighted by molar-refractivity contribution is 8.13. The molecule has 0 unspecified atom stereocenters. The van der Waals surface area contributed by atoms with Crippen LogP contribution in [0.2, 0.25) is 0 Å². The molecule has 0 aromatic heterocycles. The molecule has 1 aromatic rings. The smallest absolute Gasteiger partial charge is 0.169 e. The summed E-state index contributed by atoms with van der Waals surface area (Å²) in [6.07, 6.45) is 0.982. The maximum absolute atomic E-state index is 12.3. The molecule has 1 aromatic carbocycles. The predicted octanol–water partition coefficient (Wildman–Crippen LogP) is 4.15. The average molecular weight is 303 g/mol. The molecule has 0 atom stereocenters. The van der Waals surface area contributed by atoms with Crippen LogP contribution in [0.25, 0.3) is 0 Å². The van der Waals surface area contributed by atoms with Crippen LogP contribution in [0.4, 0.5) is 0 Å². The molecule has 21 heavy (non-hydrogen) atoms. The number of benzene rings is 1. The Kier molecular flexibility index (Phi) is 4.88. The first-order valence-electron chi connectivity index (χ1n) is 7.02. The van der Waals surface area contributed by atoms with Gasteiger partial charge in [0.15, 0.2) is 5.78 Å². The lowest BCUT2D eigenvalue weighted by atomic mass is 9.77. The van der Waals surface area contributed by atoms with E-state index >= 15 is 0 Å². The Morgan fingerprint density at radius 1 is 1.29 bits per heavy atom. The molecule has 0 spiro atoms. The third-order valence-electron chi connectivity index (χ3n) is 3.49. The van der Waals surface area contributed by atoms with E-state index in [4.69, 9.17) is 0 Å². The number of nitrogens with zero attached hydrogens (tertiary/aromatic N) is 1. The second-order valence-corrected chi connectivity index (χ2v) is 7.03. The number of allylic oxidation sites excluding steroid dienone is 1. The molecular formula is C17H21NO2S. The zero-order valence-corrected chi connectivity index (χ0v) is 13.5. The molecule has 1 aliphatic carbocycles. The molecule has 0 aliphatic heterocycles. The van der Waals surface area contributed by atoms with Crippen molar-refractivity contribution < 1.29 is 9.90 Å². The predicted molar refractivity (Wildman–Crippen MR) is 88.8 cm³/mol. The molecule has 2 rings (SSSR count). The van der Waals surface area contributed by atoms with Crippen LogP contribution in [-0.2, 0) is 10.5 Å². The van der Waals surface area contributed by atoms with Crippen LogP contribution in [0.1, 0.15) is 32.3 Å². The average Bonchev–Trinajstić information content (AvgIpc) is 2.41. The number of carbonyl (C=O) groups is 1. The zero-order chi connectivity index (χ0) is 15.5.